The Labute approximate surface area is 88.5 Å². The summed E-state index contributed by atoms with van der Waals surface area (Å²) in [4.78, 5) is 0. The number of hydrogen-bond acceptors (Lipinski definition) is 4. The summed E-state index contributed by atoms with van der Waals surface area (Å²) >= 11 is 1.98. The molecule has 2 heterocycles. The Kier molecular flexibility index (Phi) is 3.08. The number of aromatic nitrogens is 3. The van der Waals surface area contributed by atoms with E-state index < -0.39 is 0 Å². The Morgan fingerprint density at radius 3 is 3.07 bits per heavy atom. The molecule has 0 radical (unpaired) electrons. The van der Waals surface area contributed by atoms with Gasteiger partial charge in [0.05, 0.1) is 6.04 Å². The van der Waals surface area contributed by atoms with Gasteiger partial charge in [0, 0.05) is 24.6 Å². The topological polar surface area (TPSA) is 42.7 Å². The average molecular weight is 212 g/mol. The molecule has 5 heteroatoms. The lowest BCUT2D eigenvalue weighted by molar-refractivity contribution is 0.527. The van der Waals surface area contributed by atoms with Crippen LogP contribution in [0.15, 0.2) is 0 Å². The number of aryl methyl sites for hydroxylation is 1. The molecule has 4 nitrogen and oxygen atoms in total. The molecule has 1 unspecified atom stereocenters. The predicted molar refractivity (Wildman–Crippen MR) is 58.5 cm³/mol. The lowest BCUT2D eigenvalue weighted by Gasteiger charge is -2.22. The number of rotatable bonds is 2. The molecule has 0 saturated carbocycles. The fourth-order valence-corrected chi connectivity index (χ4v) is 2.71. The molecule has 1 aliphatic rings. The van der Waals surface area contributed by atoms with Crippen molar-refractivity contribution in [2.24, 2.45) is 0 Å². The van der Waals surface area contributed by atoms with Crippen molar-refractivity contribution >= 4 is 11.8 Å². The van der Waals surface area contributed by atoms with Crippen molar-refractivity contribution in [3.05, 3.63) is 11.6 Å². The zero-order valence-corrected chi connectivity index (χ0v) is 9.47. The van der Waals surface area contributed by atoms with Crippen LogP contribution in [0.2, 0.25) is 0 Å². The number of nitrogens with one attached hydrogen (secondary N) is 1. The first-order valence-corrected chi connectivity index (χ1v) is 6.19. The standard InChI is InChI=1S/C9H16N4S/c1-3-13-7(2)11-12-9(13)8-6-14-5-4-10-8/h8,10H,3-6H2,1-2H3. The molecule has 0 bridgehead atoms. The molecule has 1 saturated heterocycles. The Morgan fingerprint density at radius 1 is 1.57 bits per heavy atom. The second-order valence-corrected chi connectivity index (χ2v) is 4.58. The van der Waals surface area contributed by atoms with E-state index >= 15 is 0 Å². The van der Waals surface area contributed by atoms with Crippen molar-refractivity contribution in [1.29, 1.82) is 0 Å². The first-order valence-electron chi connectivity index (χ1n) is 5.03. The highest BCUT2D eigenvalue weighted by Crippen LogP contribution is 2.20. The summed E-state index contributed by atoms with van der Waals surface area (Å²) in [5, 5.41) is 11.9. The summed E-state index contributed by atoms with van der Waals surface area (Å²) in [5.74, 6) is 4.42. The second-order valence-electron chi connectivity index (χ2n) is 3.43. The molecule has 78 valence electrons. The van der Waals surface area contributed by atoms with Crippen molar-refractivity contribution in [2.75, 3.05) is 18.1 Å². The van der Waals surface area contributed by atoms with Gasteiger partial charge in [-0.05, 0) is 13.8 Å². The van der Waals surface area contributed by atoms with Crippen LogP contribution < -0.4 is 5.32 Å². The maximum absolute atomic E-state index is 4.25. The summed E-state index contributed by atoms with van der Waals surface area (Å²) in [6.07, 6.45) is 0. The van der Waals surface area contributed by atoms with Gasteiger partial charge in [-0.25, -0.2) is 0 Å². The largest absolute Gasteiger partial charge is 0.314 e. The van der Waals surface area contributed by atoms with Crippen LogP contribution in [-0.2, 0) is 6.54 Å². The van der Waals surface area contributed by atoms with Gasteiger partial charge in [0.1, 0.15) is 5.82 Å². The molecular weight excluding hydrogens is 196 g/mol. The van der Waals surface area contributed by atoms with E-state index in [1.807, 2.05) is 18.7 Å². The zero-order valence-electron chi connectivity index (χ0n) is 8.66. The van der Waals surface area contributed by atoms with Gasteiger partial charge in [0.15, 0.2) is 5.82 Å². The van der Waals surface area contributed by atoms with E-state index in [1.165, 1.54) is 5.75 Å². The van der Waals surface area contributed by atoms with Gasteiger partial charge in [-0.1, -0.05) is 0 Å². The van der Waals surface area contributed by atoms with Gasteiger partial charge in [0.2, 0.25) is 0 Å². The third-order valence-corrected chi connectivity index (χ3v) is 3.58. The van der Waals surface area contributed by atoms with Crippen LogP contribution in [0.25, 0.3) is 0 Å². The molecule has 1 aliphatic heterocycles. The van der Waals surface area contributed by atoms with Crippen LogP contribution >= 0.6 is 11.8 Å². The van der Waals surface area contributed by atoms with Crippen molar-refractivity contribution in [1.82, 2.24) is 20.1 Å². The highest BCUT2D eigenvalue weighted by atomic mass is 32.2. The fourth-order valence-electron chi connectivity index (χ4n) is 1.78. The summed E-state index contributed by atoms with van der Waals surface area (Å²) in [5.41, 5.74) is 0. The molecule has 1 aromatic rings. The number of thioether (sulfide) groups is 1. The van der Waals surface area contributed by atoms with Gasteiger partial charge in [-0.2, -0.15) is 11.8 Å². The van der Waals surface area contributed by atoms with E-state index in [-0.39, 0.29) is 0 Å². The molecule has 1 aromatic heterocycles. The number of nitrogens with zero attached hydrogens (tertiary/aromatic N) is 3. The van der Waals surface area contributed by atoms with Crippen molar-refractivity contribution < 1.29 is 0 Å². The maximum atomic E-state index is 4.25. The molecule has 0 aliphatic carbocycles. The molecular formula is C9H16N4S. The van der Waals surface area contributed by atoms with Crippen LogP contribution in [0.5, 0.6) is 0 Å². The van der Waals surface area contributed by atoms with Crippen LogP contribution in [0.4, 0.5) is 0 Å². The summed E-state index contributed by atoms with van der Waals surface area (Å²) in [6, 6.07) is 0.384. The molecule has 1 fully saturated rings. The fraction of sp³-hybridized carbons (Fsp3) is 0.778. The van der Waals surface area contributed by atoms with Crippen molar-refractivity contribution in [3.8, 4) is 0 Å². The summed E-state index contributed by atoms with van der Waals surface area (Å²) < 4.78 is 2.18. The molecule has 0 aromatic carbocycles. The van der Waals surface area contributed by atoms with Crippen LogP contribution in [-0.4, -0.2) is 32.8 Å². The lowest BCUT2D eigenvalue weighted by Crippen LogP contribution is -2.32. The third-order valence-electron chi connectivity index (χ3n) is 2.51. The molecule has 0 amide bonds. The smallest absolute Gasteiger partial charge is 0.151 e. The maximum Gasteiger partial charge on any atom is 0.151 e. The third kappa shape index (κ3) is 1.79. The Hall–Kier alpha value is -0.550. The highest BCUT2D eigenvalue weighted by Gasteiger charge is 2.21. The Morgan fingerprint density at radius 2 is 2.43 bits per heavy atom. The van der Waals surface area contributed by atoms with E-state index in [2.05, 4.69) is 27.0 Å². The van der Waals surface area contributed by atoms with E-state index in [4.69, 9.17) is 0 Å². The highest BCUT2D eigenvalue weighted by molar-refractivity contribution is 7.99. The van der Waals surface area contributed by atoms with Gasteiger partial charge in [-0.15, -0.1) is 10.2 Å². The second kappa shape index (κ2) is 4.31. The van der Waals surface area contributed by atoms with Gasteiger partial charge < -0.3 is 9.88 Å². The van der Waals surface area contributed by atoms with Gasteiger partial charge >= 0.3 is 0 Å². The Balaban J connectivity index is 2.21. The minimum Gasteiger partial charge on any atom is -0.314 e. The van der Waals surface area contributed by atoms with Crippen LogP contribution in [0, 0.1) is 6.92 Å². The zero-order chi connectivity index (χ0) is 9.97. The summed E-state index contributed by atoms with van der Waals surface area (Å²) in [7, 11) is 0. The van der Waals surface area contributed by atoms with E-state index in [1.54, 1.807) is 0 Å². The van der Waals surface area contributed by atoms with Crippen LogP contribution in [0.1, 0.15) is 24.6 Å². The SMILES string of the molecule is CCn1c(C)nnc1C1CSCCN1. The first kappa shape index (κ1) is 9.98. The average Bonchev–Trinajstić information content (AvgIpc) is 2.61. The first-order chi connectivity index (χ1) is 6.83. The number of hydrogen-bond donors (Lipinski definition) is 1. The predicted octanol–water partition coefficient (Wildman–Crippen LogP) is 0.984. The molecule has 1 N–H and O–H groups in total. The molecule has 2 rings (SSSR count). The minimum atomic E-state index is 0.384. The Bertz CT molecular complexity index is 304. The minimum absolute atomic E-state index is 0.384. The quantitative estimate of drug-likeness (QED) is 0.793. The van der Waals surface area contributed by atoms with E-state index in [0.717, 1.165) is 30.5 Å². The normalized spacial score (nSPS) is 22.6. The molecule has 1 atom stereocenters. The van der Waals surface area contributed by atoms with Crippen molar-refractivity contribution in [3.63, 3.8) is 0 Å². The summed E-state index contributed by atoms with van der Waals surface area (Å²) in [6.45, 7) is 6.17. The van der Waals surface area contributed by atoms with E-state index in [9.17, 15) is 0 Å². The van der Waals surface area contributed by atoms with Crippen LogP contribution in [0.3, 0.4) is 0 Å². The molecule has 14 heavy (non-hydrogen) atoms. The van der Waals surface area contributed by atoms with E-state index in [0.29, 0.717) is 6.04 Å². The van der Waals surface area contributed by atoms with Gasteiger partial charge in [-0.3, -0.25) is 0 Å². The van der Waals surface area contributed by atoms with Crippen molar-refractivity contribution in [2.45, 2.75) is 26.4 Å². The molecule has 0 spiro atoms. The lowest BCUT2D eigenvalue weighted by atomic mass is 10.3. The monoisotopic (exact) mass is 212 g/mol. The van der Waals surface area contributed by atoms with Gasteiger partial charge in [0.25, 0.3) is 0 Å².